The number of fused-ring (bicyclic) bond motifs is 1. The monoisotopic (exact) mass is 516 g/mol. The van der Waals surface area contributed by atoms with E-state index in [1.165, 1.54) is 0 Å². The second-order valence-corrected chi connectivity index (χ2v) is 10.1. The molecule has 35 heavy (non-hydrogen) atoms. The molecule has 2 aromatic rings. The summed E-state index contributed by atoms with van der Waals surface area (Å²) in [5.41, 5.74) is 3.94. The van der Waals surface area contributed by atoms with Gasteiger partial charge in [-0.1, -0.05) is 12.1 Å². The number of halogens is 3. The number of carboxylic acid groups (broad SMARTS) is 1. The van der Waals surface area contributed by atoms with Crippen molar-refractivity contribution in [1.82, 2.24) is 14.3 Å². The minimum Gasteiger partial charge on any atom is -0.475 e. The average Bonchev–Trinajstić information content (AvgIpc) is 3.03. The van der Waals surface area contributed by atoms with Crippen LogP contribution in [0.3, 0.4) is 0 Å². The van der Waals surface area contributed by atoms with Crippen molar-refractivity contribution in [2.24, 2.45) is 0 Å². The summed E-state index contributed by atoms with van der Waals surface area (Å²) >= 11 is 0. The summed E-state index contributed by atoms with van der Waals surface area (Å²) in [6.45, 7) is 7.72. The minimum absolute atomic E-state index is 0.357. The molecule has 1 saturated heterocycles. The van der Waals surface area contributed by atoms with Crippen LogP contribution in [0.4, 0.5) is 19.1 Å². The lowest BCUT2D eigenvalue weighted by Gasteiger charge is -2.27. The van der Waals surface area contributed by atoms with Gasteiger partial charge in [0.2, 0.25) is 16.0 Å². The second-order valence-electron chi connectivity index (χ2n) is 8.16. The fourth-order valence-corrected chi connectivity index (χ4v) is 5.37. The molecule has 4 rings (SSSR count). The third-order valence-electron chi connectivity index (χ3n) is 5.66. The number of aromatic nitrogens is 2. The van der Waals surface area contributed by atoms with Crippen LogP contribution in [0, 0.1) is 13.8 Å². The molecule has 0 unspecified atom stereocenters. The molecule has 3 heterocycles. The Hall–Kier alpha value is -2.77. The van der Waals surface area contributed by atoms with Gasteiger partial charge in [0.1, 0.15) is 0 Å². The van der Waals surface area contributed by atoms with E-state index < -0.39 is 22.2 Å². The maximum Gasteiger partial charge on any atom is 0.490 e. The first kappa shape index (κ1) is 26.8. The Kier molecular flexibility index (Phi) is 8.34. The summed E-state index contributed by atoms with van der Waals surface area (Å²) in [6.07, 6.45) is -3.85. The molecule has 2 aliphatic heterocycles. The lowest BCUT2D eigenvalue weighted by atomic mass is 10.1. The van der Waals surface area contributed by atoms with Crippen molar-refractivity contribution in [2.45, 2.75) is 37.8 Å². The molecule has 0 radical (unpaired) electrons. The van der Waals surface area contributed by atoms with E-state index >= 15 is 0 Å². The fourth-order valence-electron chi connectivity index (χ4n) is 3.82. The second kappa shape index (κ2) is 10.9. The molecule has 1 N–H and O–H groups in total. The molecule has 1 aromatic carbocycles. The van der Waals surface area contributed by atoms with Crippen LogP contribution in [-0.4, -0.2) is 79.3 Å². The van der Waals surface area contributed by atoms with Crippen LogP contribution in [0.2, 0.25) is 0 Å². The van der Waals surface area contributed by atoms with Crippen LogP contribution >= 0.6 is 0 Å². The summed E-state index contributed by atoms with van der Waals surface area (Å²) < 4.78 is 65.0. The molecule has 0 aliphatic carbocycles. The molecule has 2 aliphatic rings. The lowest BCUT2D eigenvalue weighted by Crippen LogP contribution is -2.37. The quantitative estimate of drug-likeness (QED) is 0.662. The number of hydrogen-bond donors (Lipinski definition) is 1. The number of alkyl halides is 3. The Morgan fingerprint density at radius 2 is 1.69 bits per heavy atom. The van der Waals surface area contributed by atoms with Crippen LogP contribution in [0.1, 0.15) is 22.5 Å². The van der Waals surface area contributed by atoms with Gasteiger partial charge in [-0.25, -0.2) is 23.2 Å². The number of carbonyl (C=O) groups is 1. The number of benzene rings is 1. The number of aliphatic carboxylic acids is 1. The molecule has 0 bridgehead atoms. The first-order valence-corrected chi connectivity index (χ1v) is 12.4. The fraction of sp³-hybridized carbons (Fsp3) is 0.500. The van der Waals surface area contributed by atoms with Gasteiger partial charge in [-0.15, -0.1) is 0 Å². The van der Waals surface area contributed by atoms with Gasteiger partial charge in [-0.05, 0) is 43.5 Å². The molecule has 13 heteroatoms. The van der Waals surface area contributed by atoms with Crippen molar-refractivity contribution in [3.63, 3.8) is 0 Å². The highest BCUT2D eigenvalue weighted by Crippen LogP contribution is 2.24. The predicted octanol–water partition coefficient (Wildman–Crippen LogP) is 2.35. The molecule has 192 valence electrons. The van der Waals surface area contributed by atoms with Crippen molar-refractivity contribution in [3.05, 3.63) is 46.8 Å². The number of anilines is 1. The van der Waals surface area contributed by atoms with E-state index in [4.69, 9.17) is 24.6 Å². The highest BCUT2D eigenvalue weighted by atomic mass is 32.2. The van der Waals surface area contributed by atoms with Crippen molar-refractivity contribution in [3.8, 4) is 0 Å². The predicted molar refractivity (Wildman–Crippen MR) is 121 cm³/mol. The summed E-state index contributed by atoms with van der Waals surface area (Å²) in [5.74, 6) is -2.03. The van der Waals surface area contributed by atoms with Gasteiger partial charge >= 0.3 is 12.1 Å². The Bertz CT molecular complexity index is 1170. The smallest absolute Gasteiger partial charge is 0.475 e. The molecular formula is C22H27F3N4O5S. The minimum atomic E-state index is -5.08. The average molecular weight is 517 g/mol. The summed E-state index contributed by atoms with van der Waals surface area (Å²) in [6, 6.07) is 7.10. The molecule has 0 spiro atoms. The normalized spacial score (nSPS) is 17.1. The van der Waals surface area contributed by atoms with Crippen molar-refractivity contribution >= 4 is 21.9 Å². The molecule has 9 nitrogen and oxygen atoms in total. The number of ether oxygens (including phenoxy) is 1. The van der Waals surface area contributed by atoms with Crippen LogP contribution in [0.15, 0.2) is 29.2 Å². The first-order chi connectivity index (χ1) is 16.4. The Morgan fingerprint density at radius 3 is 2.29 bits per heavy atom. The van der Waals surface area contributed by atoms with Crippen molar-refractivity contribution in [1.29, 1.82) is 0 Å². The molecular weight excluding hydrogens is 489 g/mol. The Balaban J connectivity index is 0.000000429. The Labute approximate surface area is 201 Å². The number of hydrogen-bond acceptors (Lipinski definition) is 7. The van der Waals surface area contributed by atoms with Crippen LogP contribution < -0.4 is 4.90 Å². The van der Waals surface area contributed by atoms with E-state index in [9.17, 15) is 21.6 Å². The largest absolute Gasteiger partial charge is 0.490 e. The van der Waals surface area contributed by atoms with E-state index in [2.05, 4.69) is 4.90 Å². The molecule has 0 atom stereocenters. The maximum atomic E-state index is 13.1. The SMILES string of the molecule is Cc1cccc(S(=O)(=O)N2CCc3nc(N4CCOCC4)nc(C)c3CC2)c1.O=C(O)C(F)(F)F. The van der Waals surface area contributed by atoms with Gasteiger partial charge in [-0.2, -0.15) is 17.5 Å². The van der Waals surface area contributed by atoms with Gasteiger partial charge < -0.3 is 14.7 Å². The summed E-state index contributed by atoms with van der Waals surface area (Å²) in [5, 5.41) is 7.12. The summed E-state index contributed by atoms with van der Waals surface area (Å²) in [7, 11) is -3.51. The molecule has 0 saturated carbocycles. The van der Waals surface area contributed by atoms with E-state index in [0.29, 0.717) is 44.0 Å². The van der Waals surface area contributed by atoms with E-state index in [1.54, 1.807) is 22.5 Å². The zero-order valence-corrected chi connectivity index (χ0v) is 20.2. The summed E-state index contributed by atoms with van der Waals surface area (Å²) in [4.78, 5) is 20.9. The molecule has 0 amide bonds. The standard InChI is InChI=1S/C20H26N4O3S.C2HF3O2/c1-15-4-3-5-17(14-15)28(25,26)24-8-6-18-16(2)21-20(22-19(18)7-9-24)23-10-12-27-13-11-23;3-2(4,5)1(6)7/h3-5,14H,6-13H2,1-2H3;(H,6,7). The van der Waals surface area contributed by atoms with E-state index in [1.807, 2.05) is 19.9 Å². The number of aryl methyl sites for hydroxylation is 2. The molecule has 1 fully saturated rings. The van der Waals surface area contributed by atoms with Crippen LogP contribution in [0.5, 0.6) is 0 Å². The van der Waals surface area contributed by atoms with Gasteiger partial charge in [0, 0.05) is 38.3 Å². The zero-order valence-electron chi connectivity index (χ0n) is 19.4. The third-order valence-corrected chi connectivity index (χ3v) is 7.56. The number of rotatable bonds is 3. The molecule has 1 aromatic heterocycles. The highest BCUT2D eigenvalue weighted by Gasteiger charge is 2.38. The topological polar surface area (TPSA) is 113 Å². The van der Waals surface area contributed by atoms with Gasteiger partial charge in [0.25, 0.3) is 0 Å². The number of carboxylic acids is 1. The number of sulfonamides is 1. The Morgan fingerprint density at radius 1 is 1.06 bits per heavy atom. The van der Waals surface area contributed by atoms with Crippen molar-refractivity contribution in [2.75, 3.05) is 44.3 Å². The number of nitrogens with zero attached hydrogens (tertiary/aromatic N) is 4. The maximum absolute atomic E-state index is 13.1. The van der Waals surface area contributed by atoms with E-state index in [-0.39, 0.29) is 0 Å². The van der Waals surface area contributed by atoms with Crippen LogP contribution in [0.25, 0.3) is 0 Å². The lowest BCUT2D eigenvalue weighted by molar-refractivity contribution is -0.192. The van der Waals surface area contributed by atoms with Crippen LogP contribution in [-0.2, 0) is 32.4 Å². The van der Waals surface area contributed by atoms with Gasteiger partial charge in [-0.3, -0.25) is 0 Å². The van der Waals surface area contributed by atoms with Crippen molar-refractivity contribution < 1.29 is 36.2 Å². The van der Waals surface area contributed by atoms with Gasteiger partial charge in [0.05, 0.1) is 23.8 Å². The first-order valence-electron chi connectivity index (χ1n) is 11.0. The highest BCUT2D eigenvalue weighted by molar-refractivity contribution is 7.89. The zero-order chi connectivity index (χ0) is 25.8. The number of morpholine rings is 1. The van der Waals surface area contributed by atoms with E-state index in [0.717, 1.165) is 41.6 Å². The van der Waals surface area contributed by atoms with Gasteiger partial charge in [0.15, 0.2) is 0 Å². The third kappa shape index (κ3) is 6.67.